The van der Waals surface area contributed by atoms with E-state index in [0.717, 1.165) is 38.2 Å². The number of aliphatic hydroxyl groups is 1. The topological polar surface area (TPSA) is 56.7 Å². The van der Waals surface area contributed by atoms with E-state index in [9.17, 15) is 0 Å². The summed E-state index contributed by atoms with van der Waals surface area (Å²) in [6, 6.07) is 0.701. The van der Waals surface area contributed by atoms with Crippen molar-refractivity contribution in [2.24, 2.45) is 4.99 Å². The number of aliphatic imine (C=N–C) groups is 1. The zero-order valence-electron chi connectivity index (χ0n) is 11.8. The van der Waals surface area contributed by atoms with Crippen LogP contribution in [0.4, 0.5) is 0 Å². The summed E-state index contributed by atoms with van der Waals surface area (Å²) >= 11 is 0. The minimum Gasteiger partial charge on any atom is -0.396 e. The van der Waals surface area contributed by atoms with Crippen molar-refractivity contribution >= 4 is 5.96 Å². The molecule has 0 saturated carbocycles. The smallest absolute Gasteiger partial charge is 0.191 e. The first-order valence-corrected chi connectivity index (χ1v) is 6.75. The standard InChI is InChI=1S/C13H29N3O/c1-11(2)15-13(16-12(3)4)14-9-7-5-6-8-10-17/h11-12,17H,5-10H2,1-4H3,(H2,14,15,16). The zero-order valence-corrected chi connectivity index (χ0v) is 11.8. The molecule has 0 heterocycles. The summed E-state index contributed by atoms with van der Waals surface area (Å²) in [7, 11) is 0. The molecular formula is C13H29N3O. The van der Waals surface area contributed by atoms with Gasteiger partial charge in [-0.05, 0) is 40.5 Å². The van der Waals surface area contributed by atoms with Crippen LogP contribution in [0.1, 0.15) is 53.4 Å². The predicted molar refractivity (Wildman–Crippen MR) is 74.4 cm³/mol. The monoisotopic (exact) mass is 243 g/mol. The fourth-order valence-electron chi connectivity index (χ4n) is 1.46. The molecule has 0 aromatic carbocycles. The Labute approximate surface area is 106 Å². The largest absolute Gasteiger partial charge is 0.396 e. The van der Waals surface area contributed by atoms with E-state index in [-0.39, 0.29) is 0 Å². The number of nitrogens with zero attached hydrogens (tertiary/aromatic N) is 1. The highest BCUT2D eigenvalue weighted by molar-refractivity contribution is 5.80. The van der Waals surface area contributed by atoms with Crippen molar-refractivity contribution in [3.8, 4) is 0 Å². The molecule has 102 valence electrons. The Bertz CT molecular complexity index is 203. The SMILES string of the molecule is CC(C)/N=C(\NCCCCCCO)NC(C)C. The van der Waals surface area contributed by atoms with E-state index in [1.807, 2.05) is 0 Å². The van der Waals surface area contributed by atoms with Crippen molar-refractivity contribution in [3.05, 3.63) is 0 Å². The quantitative estimate of drug-likeness (QED) is 0.347. The van der Waals surface area contributed by atoms with E-state index in [1.54, 1.807) is 0 Å². The first kappa shape index (κ1) is 16.2. The maximum Gasteiger partial charge on any atom is 0.191 e. The van der Waals surface area contributed by atoms with Gasteiger partial charge in [0.2, 0.25) is 0 Å². The summed E-state index contributed by atoms with van der Waals surface area (Å²) in [4.78, 5) is 4.51. The molecule has 0 aromatic rings. The van der Waals surface area contributed by atoms with Gasteiger partial charge in [0, 0.05) is 25.2 Å². The van der Waals surface area contributed by atoms with Gasteiger partial charge in [-0.3, -0.25) is 4.99 Å². The second kappa shape index (κ2) is 10.4. The van der Waals surface area contributed by atoms with Gasteiger partial charge >= 0.3 is 0 Å². The van der Waals surface area contributed by atoms with Crippen LogP contribution in [0.25, 0.3) is 0 Å². The van der Waals surface area contributed by atoms with Crippen LogP contribution in [0, 0.1) is 0 Å². The van der Waals surface area contributed by atoms with E-state index in [0.29, 0.717) is 18.7 Å². The molecule has 0 spiro atoms. The predicted octanol–water partition coefficient (Wildman–Crippen LogP) is 1.89. The van der Waals surface area contributed by atoms with Crippen LogP contribution >= 0.6 is 0 Å². The number of unbranched alkanes of at least 4 members (excludes halogenated alkanes) is 3. The van der Waals surface area contributed by atoms with E-state index >= 15 is 0 Å². The van der Waals surface area contributed by atoms with Crippen LogP contribution in [0.2, 0.25) is 0 Å². The average molecular weight is 243 g/mol. The van der Waals surface area contributed by atoms with E-state index in [4.69, 9.17) is 5.11 Å². The Kier molecular flexibility index (Phi) is 9.92. The van der Waals surface area contributed by atoms with E-state index in [2.05, 4.69) is 43.3 Å². The van der Waals surface area contributed by atoms with Crippen LogP contribution in [0.3, 0.4) is 0 Å². The molecule has 0 bridgehead atoms. The lowest BCUT2D eigenvalue weighted by molar-refractivity contribution is 0.282. The van der Waals surface area contributed by atoms with Crippen LogP contribution in [-0.4, -0.2) is 36.3 Å². The van der Waals surface area contributed by atoms with Crippen molar-refractivity contribution in [2.75, 3.05) is 13.2 Å². The normalized spacial score (nSPS) is 12.3. The second-order valence-corrected chi connectivity index (χ2v) is 4.94. The highest BCUT2D eigenvalue weighted by Crippen LogP contribution is 1.97. The minimum atomic E-state index is 0.304. The number of hydrogen-bond acceptors (Lipinski definition) is 2. The Balaban J connectivity index is 3.77. The van der Waals surface area contributed by atoms with Crippen LogP contribution in [-0.2, 0) is 0 Å². The molecule has 0 aliphatic carbocycles. The van der Waals surface area contributed by atoms with Gasteiger partial charge in [0.25, 0.3) is 0 Å². The summed E-state index contributed by atoms with van der Waals surface area (Å²) in [5.41, 5.74) is 0. The fourth-order valence-corrected chi connectivity index (χ4v) is 1.46. The van der Waals surface area contributed by atoms with E-state index < -0.39 is 0 Å². The minimum absolute atomic E-state index is 0.304. The number of nitrogens with one attached hydrogen (secondary N) is 2. The molecule has 0 aliphatic heterocycles. The molecule has 0 radical (unpaired) electrons. The van der Waals surface area contributed by atoms with Crippen LogP contribution in [0.5, 0.6) is 0 Å². The zero-order chi connectivity index (χ0) is 13.1. The molecule has 4 nitrogen and oxygen atoms in total. The Morgan fingerprint density at radius 1 is 1.06 bits per heavy atom. The van der Waals surface area contributed by atoms with Crippen LogP contribution < -0.4 is 10.6 Å². The molecule has 3 N–H and O–H groups in total. The molecule has 0 unspecified atom stereocenters. The van der Waals surface area contributed by atoms with Crippen molar-refractivity contribution in [2.45, 2.75) is 65.5 Å². The third kappa shape index (κ3) is 11.5. The first-order chi connectivity index (χ1) is 8.06. The van der Waals surface area contributed by atoms with Gasteiger partial charge in [-0.2, -0.15) is 0 Å². The molecule has 0 aromatic heterocycles. The third-order valence-corrected chi connectivity index (χ3v) is 2.19. The Morgan fingerprint density at radius 3 is 2.24 bits per heavy atom. The second-order valence-electron chi connectivity index (χ2n) is 4.94. The Hall–Kier alpha value is -0.770. The van der Waals surface area contributed by atoms with Crippen molar-refractivity contribution in [1.82, 2.24) is 10.6 Å². The summed E-state index contributed by atoms with van der Waals surface area (Å²) in [5, 5.41) is 15.3. The molecule has 0 saturated heterocycles. The lowest BCUT2D eigenvalue weighted by Crippen LogP contribution is -2.42. The third-order valence-electron chi connectivity index (χ3n) is 2.19. The number of aliphatic hydroxyl groups excluding tert-OH is 1. The van der Waals surface area contributed by atoms with Gasteiger partial charge < -0.3 is 15.7 Å². The van der Waals surface area contributed by atoms with Gasteiger partial charge in [0.05, 0.1) is 0 Å². The molecule has 0 aliphatic rings. The van der Waals surface area contributed by atoms with Crippen molar-refractivity contribution in [1.29, 1.82) is 0 Å². The van der Waals surface area contributed by atoms with E-state index in [1.165, 1.54) is 0 Å². The lowest BCUT2D eigenvalue weighted by Gasteiger charge is -2.16. The van der Waals surface area contributed by atoms with Gasteiger partial charge in [0.15, 0.2) is 5.96 Å². The number of guanidine groups is 1. The molecule has 0 rings (SSSR count). The van der Waals surface area contributed by atoms with Gasteiger partial charge in [-0.25, -0.2) is 0 Å². The molecule has 0 amide bonds. The average Bonchev–Trinajstić information content (AvgIpc) is 2.21. The molecule has 4 heteroatoms. The maximum atomic E-state index is 8.66. The summed E-state index contributed by atoms with van der Waals surface area (Å²) in [6.45, 7) is 9.62. The van der Waals surface area contributed by atoms with Gasteiger partial charge in [-0.15, -0.1) is 0 Å². The molecule has 0 atom stereocenters. The van der Waals surface area contributed by atoms with Crippen LogP contribution in [0.15, 0.2) is 4.99 Å². The Morgan fingerprint density at radius 2 is 1.71 bits per heavy atom. The van der Waals surface area contributed by atoms with Gasteiger partial charge in [0.1, 0.15) is 0 Å². The molecular weight excluding hydrogens is 214 g/mol. The van der Waals surface area contributed by atoms with Gasteiger partial charge in [-0.1, -0.05) is 12.8 Å². The maximum absolute atomic E-state index is 8.66. The fraction of sp³-hybridized carbons (Fsp3) is 0.923. The number of hydrogen-bond donors (Lipinski definition) is 3. The lowest BCUT2D eigenvalue weighted by atomic mass is 10.2. The first-order valence-electron chi connectivity index (χ1n) is 6.75. The number of rotatable bonds is 8. The van der Waals surface area contributed by atoms with Crippen molar-refractivity contribution in [3.63, 3.8) is 0 Å². The summed E-state index contributed by atoms with van der Waals surface area (Å²) in [6.07, 6.45) is 4.30. The molecule has 0 fully saturated rings. The molecule has 17 heavy (non-hydrogen) atoms. The summed E-state index contributed by atoms with van der Waals surface area (Å²) < 4.78 is 0. The highest BCUT2D eigenvalue weighted by Gasteiger charge is 2.01. The highest BCUT2D eigenvalue weighted by atomic mass is 16.2. The summed E-state index contributed by atoms with van der Waals surface area (Å²) in [5.74, 6) is 0.900. The van der Waals surface area contributed by atoms with Crippen molar-refractivity contribution < 1.29 is 5.11 Å².